The molecule has 1 saturated carbocycles. The van der Waals surface area contributed by atoms with Crippen molar-refractivity contribution in [3.8, 4) is 0 Å². The highest BCUT2D eigenvalue weighted by Crippen LogP contribution is 2.56. The molecule has 0 unspecified atom stereocenters. The zero-order valence-corrected chi connectivity index (χ0v) is 15.3. The van der Waals surface area contributed by atoms with Gasteiger partial charge in [-0.3, -0.25) is 14.4 Å². The van der Waals surface area contributed by atoms with Gasteiger partial charge in [-0.25, -0.2) is 0 Å². The van der Waals surface area contributed by atoms with E-state index in [2.05, 4.69) is 13.8 Å². The van der Waals surface area contributed by atoms with Crippen LogP contribution in [-0.4, -0.2) is 22.6 Å². The van der Waals surface area contributed by atoms with Gasteiger partial charge in [0, 0.05) is 23.0 Å². The Labute approximate surface area is 144 Å². The molecule has 4 heteroatoms. The van der Waals surface area contributed by atoms with Crippen LogP contribution >= 0.6 is 0 Å². The van der Waals surface area contributed by atoms with Gasteiger partial charge in [0.1, 0.15) is 0 Å². The van der Waals surface area contributed by atoms with Gasteiger partial charge in [-0.15, -0.1) is 0 Å². The molecule has 0 radical (unpaired) electrons. The van der Waals surface area contributed by atoms with Gasteiger partial charge >= 0.3 is 5.97 Å². The first kappa shape index (κ1) is 18.6. The first-order valence-electron chi connectivity index (χ1n) is 8.73. The minimum atomic E-state index is -0.852. The number of allylic oxidation sites excluding steroid dienone is 4. The maximum Gasteiger partial charge on any atom is 0.303 e. The maximum absolute atomic E-state index is 12.8. The molecule has 2 aliphatic carbocycles. The predicted molar refractivity (Wildman–Crippen MR) is 92.5 cm³/mol. The molecule has 0 saturated heterocycles. The lowest BCUT2D eigenvalue weighted by molar-refractivity contribution is -0.142. The highest BCUT2D eigenvalue weighted by atomic mass is 16.4. The van der Waals surface area contributed by atoms with Crippen LogP contribution in [0.25, 0.3) is 0 Å². The molecule has 0 bridgehead atoms. The van der Waals surface area contributed by atoms with Crippen molar-refractivity contribution in [2.24, 2.45) is 22.7 Å². The predicted octanol–water partition coefficient (Wildman–Crippen LogP) is 3.95. The summed E-state index contributed by atoms with van der Waals surface area (Å²) in [4.78, 5) is 36.6. The topological polar surface area (TPSA) is 71.4 Å². The van der Waals surface area contributed by atoms with Crippen molar-refractivity contribution in [1.29, 1.82) is 0 Å². The number of hydrogen-bond donors (Lipinski definition) is 1. The Morgan fingerprint density at radius 2 is 1.79 bits per heavy atom. The summed E-state index contributed by atoms with van der Waals surface area (Å²) in [5.74, 6) is -1.26. The number of carbonyl (C=O) groups excluding carboxylic acids is 2. The van der Waals surface area contributed by atoms with Crippen molar-refractivity contribution in [1.82, 2.24) is 0 Å². The van der Waals surface area contributed by atoms with E-state index in [0.29, 0.717) is 11.1 Å². The zero-order chi connectivity index (χ0) is 18.3. The molecule has 4 nitrogen and oxygen atoms in total. The first-order valence-corrected chi connectivity index (χ1v) is 8.73. The molecule has 132 valence electrons. The van der Waals surface area contributed by atoms with Crippen LogP contribution in [0, 0.1) is 22.7 Å². The third-order valence-corrected chi connectivity index (χ3v) is 5.96. The number of ketones is 2. The average Bonchev–Trinajstić information content (AvgIpc) is 2.44. The lowest BCUT2D eigenvalue weighted by atomic mass is 9.52. The summed E-state index contributed by atoms with van der Waals surface area (Å²) >= 11 is 0. The molecule has 0 aromatic carbocycles. The fourth-order valence-electron chi connectivity index (χ4n) is 4.59. The summed E-state index contributed by atoms with van der Waals surface area (Å²) in [5, 5.41) is 9.38. The molecule has 2 rings (SSSR count). The number of carboxylic acid groups (broad SMARTS) is 1. The molecule has 24 heavy (non-hydrogen) atoms. The van der Waals surface area contributed by atoms with Crippen molar-refractivity contribution >= 4 is 17.5 Å². The third-order valence-electron chi connectivity index (χ3n) is 5.96. The third kappa shape index (κ3) is 3.24. The van der Waals surface area contributed by atoms with Gasteiger partial charge in [0.05, 0.1) is 0 Å². The van der Waals surface area contributed by atoms with E-state index in [1.807, 2.05) is 20.8 Å². The second-order valence-electron chi connectivity index (χ2n) is 8.45. The van der Waals surface area contributed by atoms with Gasteiger partial charge in [-0.05, 0) is 42.2 Å². The second kappa shape index (κ2) is 6.30. The van der Waals surface area contributed by atoms with E-state index in [4.69, 9.17) is 0 Å². The summed E-state index contributed by atoms with van der Waals surface area (Å²) in [5.41, 5.74) is 0.275. The molecule has 0 spiro atoms. The fraction of sp³-hybridized carbons (Fsp3) is 0.650. The Morgan fingerprint density at radius 1 is 1.17 bits per heavy atom. The van der Waals surface area contributed by atoms with Crippen LogP contribution in [0.15, 0.2) is 23.3 Å². The smallest absolute Gasteiger partial charge is 0.303 e. The Hall–Kier alpha value is -1.71. The minimum absolute atomic E-state index is 0.00432. The molecule has 1 N–H and O–H groups in total. The van der Waals surface area contributed by atoms with Crippen molar-refractivity contribution in [2.75, 3.05) is 0 Å². The Morgan fingerprint density at radius 3 is 2.33 bits per heavy atom. The molecule has 0 aliphatic heterocycles. The van der Waals surface area contributed by atoms with Gasteiger partial charge in [0.15, 0.2) is 11.6 Å². The maximum atomic E-state index is 12.8. The van der Waals surface area contributed by atoms with E-state index in [0.717, 1.165) is 19.3 Å². The molecule has 2 aliphatic rings. The van der Waals surface area contributed by atoms with E-state index in [9.17, 15) is 19.5 Å². The highest BCUT2D eigenvalue weighted by molar-refractivity contribution is 6.20. The van der Waals surface area contributed by atoms with E-state index in [1.165, 1.54) is 12.2 Å². The number of aliphatic carboxylic acids is 1. The summed E-state index contributed by atoms with van der Waals surface area (Å²) in [6.45, 7) is 9.90. The van der Waals surface area contributed by atoms with E-state index < -0.39 is 11.4 Å². The molecule has 0 heterocycles. The van der Waals surface area contributed by atoms with Gasteiger partial charge in [-0.2, -0.15) is 0 Å². The van der Waals surface area contributed by atoms with Crippen molar-refractivity contribution in [3.63, 3.8) is 0 Å². The molecular formula is C20H28O4. The van der Waals surface area contributed by atoms with Crippen LogP contribution in [-0.2, 0) is 14.4 Å². The Bertz CT molecular complexity index is 636. The van der Waals surface area contributed by atoms with E-state index >= 15 is 0 Å². The lowest BCUT2D eigenvalue weighted by Gasteiger charge is -2.51. The van der Waals surface area contributed by atoms with Crippen molar-refractivity contribution in [2.45, 2.75) is 60.3 Å². The highest BCUT2D eigenvalue weighted by Gasteiger charge is 2.51. The van der Waals surface area contributed by atoms with Gasteiger partial charge in [-0.1, -0.05) is 41.0 Å². The quantitative estimate of drug-likeness (QED) is 0.791. The fourth-order valence-corrected chi connectivity index (χ4v) is 4.59. The van der Waals surface area contributed by atoms with Crippen LogP contribution in [0.2, 0.25) is 0 Å². The minimum Gasteiger partial charge on any atom is -0.481 e. The zero-order valence-electron chi connectivity index (χ0n) is 15.3. The van der Waals surface area contributed by atoms with Gasteiger partial charge in [0.2, 0.25) is 0 Å². The van der Waals surface area contributed by atoms with Gasteiger partial charge < -0.3 is 5.11 Å². The molecule has 0 aromatic heterocycles. The van der Waals surface area contributed by atoms with E-state index in [1.54, 1.807) is 0 Å². The number of carboxylic acids is 1. The number of rotatable bonds is 4. The monoisotopic (exact) mass is 332 g/mol. The summed E-state index contributed by atoms with van der Waals surface area (Å²) in [6, 6.07) is 0. The summed E-state index contributed by atoms with van der Waals surface area (Å²) < 4.78 is 0. The molecular weight excluding hydrogens is 304 g/mol. The normalized spacial score (nSPS) is 30.2. The standard InChI is InChI=1S/C20H28O4/c1-12(2)13-9-16(22)14(10-15(13)21)20(5)8-6-7-19(3,4)17(20)11-18(23)24/h9-10,12,17H,6-8,11H2,1-5H3,(H,23,24)/t17-,20+/m0/s1. The second-order valence-corrected chi connectivity index (χ2v) is 8.45. The average molecular weight is 332 g/mol. The molecule has 2 atom stereocenters. The Kier molecular flexibility index (Phi) is 4.89. The van der Waals surface area contributed by atoms with Crippen LogP contribution in [0.5, 0.6) is 0 Å². The molecule has 0 aromatic rings. The molecule has 0 amide bonds. The van der Waals surface area contributed by atoms with Gasteiger partial charge in [0.25, 0.3) is 0 Å². The number of hydrogen-bond acceptors (Lipinski definition) is 3. The summed E-state index contributed by atoms with van der Waals surface area (Å²) in [7, 11) is 0. The van der Waals surface area contributed by atoms with Crippen molar-refractivity contribution < 1.29 is 19.5 Å². The van der Waals surface area contributed by atoms with Crippen LogP contribution in [0.1, 0.15) is 60.3 Å². The van der Waals surface area contributed by atoms with Crippen molar-refractivity contribution in [3.05, 3.63) is 23.3 Å². The largest absolute Gasteiger partial charge is 0.481 e. The Balaban J connectivity index is 2.47. The lowest BCUT2D eigenvalue weighted by Crippen LogP contribution is -2.46. The van der Waals surface area contributed by atoms with Crippen LogP contribution in [0.4, 0.5) is 0 Å². The van der Waals surface area contributed by atoms with Crippen LogP contribution < -0.4 is 0 Å². The van der Waals surface area contributed by atoms with E-state index in [-0.39, 0.29) is 35.2 Å². The number of carbonyl (C=O) groups is 3. The van der Waals surface area contributed by atoms with Crippen LogP contribution in [0.3, 0.4) is 0 Å². The SMILES string of the molecule is CC(C)C1=CC(=O)C([C@@]2(C)CCCC(C)(C)[C@@H]2CC(=O)O)=CC1=O. The molecule has 1 fully saturated rings. The first-order chi connectivity index (χ1) is 11.0. The summed E-state index contributed by atoms with van der Waals surface area (Å²) in [6.07, 6.45) is 5.57.